The SMILES string of the molecule is Nc1ccc(Cc2ccc(NCc3ccccc3N)cc2)cc1. The number of hydrogen-bond acceptors (Lipinski definition) is 3. The molecule has 3 heteroatoms. The highest BCUT2D eigenvalue weighted by atomic mass is 14.9. The van der Waals surface area contributed by atoms with Crippen molar-refractivity contribution >= 4 is 17.1 Å². The molecule has 0 aliphatic heterocycles. The molecule has 3 rings (SSSR count). The van der Waals surface area contributed by atoms with E-state index in [1.807, 2.05) is 36.4 Å². The Morgan fingerprint density at radius 3 is 1.96 bits per heavy atom. The molecule has 0 heterocycles. The van der Waals surface area contributed by atoms with Crippen LogP contribution in [0.2, 0.25) is 0 Å². The van der Waals surface area contributed by atoms with E-state index in [-0.39, 0.29) is 0 Å². The standard InChI is InChI=1S/C20H21N3/c21-18-9-5-15(6-10-18)13-16-7-11-19(12-8-16)23-14-17-3-1-2-4-20(17)22/h1-12,23H,13-14,21-22H2. The van der Waals surface area contributed by atoms with Gasteiger partial charge in [0, 0.05) is 23.6 Å². The van der Waals surface area contributed by atoms with Crippen LogP contribution in [-0.4, -0.2) is 0 Å². The Labute approximate surface area is 137 Å². The van der Waals surface area contributed by atoms with E-state index in [2.05, 4.69) is 41.7 Å². The fourth-order valence-electron chi connectivity index (χ4n) is 2.50. The Morgan fingerprint density at radius 1 is 0.696 bits per heavy atom. The van der Waals surface area contributed by atoms with E-state index in [1.165, 1.54) is 11.1 Å². The second-order valence-electron chi connectivity index (χ2n) is 5.67. The van der Waals surface area contributed by atoms with Crippen molar-refractivity contribution in [2.45, 2.75) is 13.0 Å². The van der Waals surface area contributed by atoms with E-state index < -0.39 is 0 Å². The third-order valence-corrected chi connectivity index (χ3v) is 3.88. The summed E-state index contributed by atoms with van der Waals surface area (Å²) in [6, 6.07) is 24.4. The summed E-state index contributed by atoms with van der Waals surface area (Å²) in [5.41, 5.74) is 18.0. The van der Waals surface area contributed by atoms with E-state index in [0.717, 1.165) is 35.6 Å². The summed E-state index contributed by atoms with van der Waals surface area (Å²) < 4.78 is 0. The zero-order valence-corrected chi connectivity index (χ0v) is 13.0. The maximum Gasteiger partial charge on any atom is 0.0421 e. The van der Waals surface area contributed by atoms with Gasteiger partial charge in [0.05, 0.1) is 0 Å². The fraction of sp³-hybridized carbons (Fsp3) is 0.100. The van der Waals surface area contributed by atoms with Crippen molar-refractivity contribution in [3.63, 3.8) is 0 Å². The molecule has 0 aromatic heterocycles. The van der Waals surface area contributed by atoms with Crippen molar-refractivity contribution in [2.24, 2.45) is 0 Å². The lowest BCUT2D eigenvalue weighted by Gasteiger charge is -2.10. The predicted molar refractivity (Wildman–Crippen MR) is 98.3 cm³/mol. The molecule has 0 spiro atoms. The first-order valence-electron chi connectivity index (χ1n) is 7.71. The predicted octanol–water partition coefficient (Wildman–Crippen LogP) is 4.05. The molecule has 116 valence electrons. The van der Waals surface area contributed by atoms with Gasteiger partial charge in [0.1, 0.15) is 0 Å². The van der Waals surface area contributed by atoms with Crippen LogP contribution in [0.25, 0.3) is 0 Å². The van der Waals surface area contributed by atoms with E-state index >= 15 is 0 Å². The highest BCUT2D eigenvalue weighted by Gasteiger charge is 2.00. The first kappa shape index (κ1) is 15.0. The molecule has 3 nitrogen and oxygen atoms in total. The number of nitrogen functional groups attached to an aromatic ring is 2. The summed E-state index contributed by atoms with van der Waals surface area (Å²) in [6.07, 6.45) is 0.909. The van der Waals surface area contributed by atoms with Crippen molar-refractivity contribution in [2.75, 3.05) is 16.8 Å². The van der Waals surface area contributed by atoms with E-state index in [9.17, 15) is 0 Å². The van der Waals surface area contributed by atoms with Gasteiger partial charge in [-0.2, -0.15) is 0 Å². The monoisotopic (exact) mass is 303 g/mol. The Morgan fingerprint density at radius 2 is 1.30 bits per heavy atom. The molecule has 3 aromatic rings. The van der Waals surface area contributed by atoms with Crippen LogP contribution in [0, 0.1) is 0 Å². The van der Waals surface area contributed by atoms with Gasteiger partial charge < -0.3 is 16.8 Å². The summed E-state index contributed by atoms with van der Waals surface area (Å²) in [6.45, 7) is 0.726. The normalized spacial score (nSPS) is 10.4. The smallest absolute Gasteiger partial charge is 0.0421 e. The van der Waals surface area contributed by atoms with Crippen molar-refractivity contribution < 1.29 is 0 Å². The molecule has 0 bridgehead atoms. The average molecular weight is 303 g/mol. The molecule has 0 unspecified atom stereocenters. The number of hydrogen-bond donors (Lipinski definition) is 3. The van der Waals surface area contributed by atoms with Gasteiger partial charge in [0.2, 0.25) is 0 Å². The first-order chi connectivity index (χ1) is 11.2. The number of benzene rings is 3. The van der Waals surface area contributed by atoms with Crippen molar-refractivity contribution in [1.29, 1.82) is 0 Å². The number of nitrogens with two attached hydrogens (primary N) is 2. The molecule has 3 aromatic carbocycles. The maximum absolute atomic E-state index is 5.96. The molecule has 0 saturated carbocycles. The maximum atomic E-state index is 5.96. The van der Waals surface area contributed by atoms with Gasteiger partial charge in [0.25, 0.3) is 0 Å². The van der Waals surface area contributed by atoms with Gasteiger partial charge in [-0.25, -0.2) is 0 Å². The Kier molecular flexibility index (Phi) is 4.48. The molecule has 23 heavy (non-hydrogen) atoms. The largest absolute Gasteiger partial charge is 0.399 e. The summed E-state index contributed by atoms with van der Waals surface area (Å²) in [5.74, 6) is 0. The molecule has 0 saturated heterocycles. The van der Waals surface area contributed by atoms with Crippen LogP contribution in [0.1, 0.15) is 16.7 Å². The lowest BCUT2D eigenvalue weighted by Crippen LogP contribution is -2.02. The van der Waals surface area contributed by atoms with E-state index in [0.29, 0.717) is 0 Å². The van der Waals surface area contributed by atoms with Crippen LogP contribution >= 0.6 is 0 Å². The Hall–Kier alpha value is -2.94. The molecule has 0 fully saturated rings. The minimum Gasteiger partial charge on any atom is -0.399 e. The van der Waals surface area contributed by atoms with Gasteiger partial charge in [-0.1, -0.05) is 42.5 Å². The van der Waals surface area contributed by atoms with Crippen LogP contribution in [-0.2, 0) is 13.0 Å². The Balaban J connectivity index is 1.61. The molecular weight excluding hydrogens is 282 g/mol. The highest BCUT2D eigenvalue weighted by molar-refractivity contribution is 5.51. The van der Waals surface area contributed by atoms with Crippen molar-refractivity contribution in [3.05, 3.63) is 89.5 Å². The summed E-state index contributed by atoms with van der Waals surface area (Å²) >= 11 is 0. The van der Waals surface area contributed by atoms with Gasteiger partial charge in [0.15, 0.2) is 0 Å². The third-order valence-electron chi connectivity index (χ3n) is 3.88. The minimum absolute atomic E-state index is 0.726. The second-order valence-corrected chi connectivity index (χ2v) is 5.67. The zero-order chi connectivity index (χ0) is 16.1. The summed E-state index contributed by atoms with van der Waals surface area (Å²) in [7, 11) is 0. The lowest BCUT2D eigenvalue weighted by atomic mass is 10.0. The summed E-state index contributed by atoms with van der Waals surface area (Å²) in [5, 5.41) is 3.40. The number of para-hydroxylation sites is 1. The van der Waals surface area contributed by atoms with Crippen molar-refractivity contribution in [1.82, 2.24) is 0 Å². The quantitative estimate of drug-likeness (QED) is 0.623. The zero-order valence-electron chi connectivity index (χ0n) is 13.0. The van der Waals surface area contributed by atoms with Crippen LogP contribution in [0.3, 0.4) is 0 Å². The number of nitrogens with one attached hydrogen (secondary N) is 1. The molecule has 0 aliphatic rings. The van der Waals surface area contributed by atoms with E-state index in [4.69, 9.17) is 11.5 Å². The van der Waals surface area contributed by atoms with Crippen molar-refractivity contribution in [3.8, 4) is 0 Å². The van der Waals surface area contributed by atoms with Crippen LogP contribution < -0.4 is 16.8 Å². The highest BCUT2D eigenvalue weighted by Crippen LogP contribution is 2.17. The van der Waals surface area contributed by atoms with E-state index in [1.54, 1.807) is 0 Å². The average Bonchev–Trinajstić information content (AvgIpc) is 2.58. The molecule has 0 aliphatic carbocycles. The van der Waals surface area contributed by atoms with Gasteiger partial charge in [-0.3, -0.25) is 0 Å². The molecule has 0 amide bonds. The minimum atomic E-state index is 0.726. The fourth-order valence-corrected chi connectivity index (χ4v) is 2.50. The molecule has 5 N–H and O–H groups in total. The van der Waals surface area contributed by atoms with Crippen LogP contribution in [0.15, 0.2) is 72.8 Å². The van der Waals surface area contributed by atoms with Crippen LogP contribution in [0.4, 0.5) is 17.1 Å². The number of anilines is 3. The molecule has 0 radical (unpaired) electrons. The summed E-state index contributed by atoms with van der Waals surface area (Å²) in [4.78, 5) is 0. The second kappa shape index (κ2) is 6.88. The van der Waals surface area contributed by atoms with Gasteiger partial charge in [-0.05, 0) is 53.4 Å². The Bertz CT molecular complexity index is 762. The molecule has 0 atom stereocenters. The van der Waals surface area contributed by atoms with Gasteiger partial charge >= 0.3 is 0 Å². The first-order valence-corrected chi connectivity index (χ1v) is 7.71. The van der Waals surface area contributed by atoms with Gasteiger partial charge in [-0.15, -0.1) is 0 Å². The van der Waals surface area contributed by atoms with Crippen LogP contribution in [0.5, 0.6) is 0 Å². The lowest BCUT2D eigenvalue weighted by molar-refractivity contribution is 1.14. The molecular formula is C20H21N3. The number of rotatable bonds is 5. The third kappa shape index (κ3) is 4.04. The topological polar surface area (TPSA) is 64.1 Å².